The third kappa shape index (κ3) is 4.45. The number of benzene rings is 8. The van der Waals surface area contributed by atoms with Crippen LogP contribution in [-0.4, -0.2) is 0 Å². The lowest BCUT2D eigenvalue weighted by molar-refractivity contribution is 0.0369. The minimum absolute atomic E-state index is 0.0232. The second kappa shape index (κ2) is 12.0. The SMILES string of the molecule is CCC1CC2CC(C)C3(c4cc5ccccc5cc4-c4c(-c5c6ccccc6c(-c6ccc7c(c6)C(C)(C)c6ccccc6-7)c6ccccc56)cccc43)C(C1)C2. The average molecular weight is 735 g/mol. The van der Waals surface area contributed by atoms with Gasteiger partial charge in [-0.15, -0.1) is 0 Å². The molecule has 57 heavy (non-hydrogen) atoms. The Hall–Kier alpha value is -5.46. The van der Waals surface area contributed by atoms with Crippen LogP contribution < -0.4 is 0 Å². The minimum Gasteiger partial charge on any atom is -0.0651 e. The smallest absolute Gasteiger partial charge is 0.0269 e. The van der Waals surface area contributed by atoms with Gasteiger partial charge in [0.25, 0.3) is 0 Å². The van der Waals surface area contributed by atoms with Crippen LogP contribution in [0.15, 0.2) is 146 Å². The fourth-order valence-electron chi connectivity index (χ4n) is 13.4. The highest BCUT2D eigenvalue weighted by molar-refractivity contribution is 6.23. The summed E-state index contributed by atoms with van der Waals surface area (Å²) in [6, 6.07) is 56.6. The molecule has 12 rings (SSSR count). The average Bonchev–Trinajstić information content (AvgIpc) is 3.66. The molecule has 0 aromatic heterocycles. The third-order valence-electron chi connectivity index (χ3n) is 15.8. The maximum atomic E-state index is 2.63. The van der Waals surface area contributed by atoms with Gasteiger partial charge in [0.2, 0.25) is 0 Å². The van der Waals surface area contributed by atoms with Gasteiger partial charge in [-0.25, -0.2) is 0 Å². The van der Waals surface area contributed by atoms with E-state index in [1.807, 2.05) is 0 Å². The zero-order valence-corrected chi connectivity index (χ0v) is 33.7. The Morgan fingerprint density at radius 1 is 0.474 bits per heavy atom. The van der Waals surface area contributed by atoms with Crippen molar-refractivity contribution in [2.24, 2.45) is 23.7 Å². The number of hydrogen-bond acceptors (Lipinski definition) is 0. The van der Waals surface area contributed by atoms with E-state index in [-0.39, 0.29) is 10.8 Å². The lowest BCUT2D eigenvalue weighted by atomic mass is 9.49. The first-order chi connectivity index (χ1) is 27.9. The van der Waals surface area contributed by atoms with Crippen LogP contribution in [0.3, 0.4) is 0 Å². The van der Waals surface area contributed by atoms with Crippen molar-refractivity contribution < 1.29 is 0 Å². The molecule has 0 saturated heterocycles. The first-order valence-corrected chi connectivity index (χ1v) is 21.7. The van der Waals surface area contributed by atoms with Crippen molar-refractivity contribution in [3.8, 4) is 44.5 Å². The van der Waals surface area contributed by atoms with Crippen molar-refractivity contribution in [2.75, 3.05) is 0 Å². The largest absolute Gasteiger partial charge is 0.0651 e. The van der Waals surface area contributed by atoms with Crippen molar-refractivity contribution in [1.29, 1.82) is 0 Å². The van der Waals surface area contributed by atoms with Crippen LogP contribution >= 0.6 is 0 Å². The van der Waals surface area contributed by atoms with Gasteiger partial charge in [-0.3, -0.25) is 0 Å². The molecule has 278 valence electrons. The van der Waals surface area contributed by atoms with E-state index in [1.165, 1.54) is 120 Å². The molecular formula is C57H50. The molecule has 5 atom stereocenters. The van der Waals surface area contributed by atoms with Crippen molar-refractivity contribution in [2.45, 2.75) is 70.6 Å². The van der Waals surface area contributed by atoms with Crippen LogP contribution in [0, 0.1) is 23.7 Å². The van der Waals surface area contributed by atoms with E-state index in [9.17, 15) is 0 Å². The second-order valence-corrected chi connectivity index (χ2v) is 18.8. The predicted molar refractivity (Wildman–Crippen MR) is 242 cm³/mol. The van der Waals surface area contributed by atoms with Crippen LogP contribution in [0.25, 0.3) is 76.8 Å². The molecule has 2 saturated carbocycles. The van der Waals surface area contributed by atoms with Crippen LogP contribution in [0.5, 0.6) is 0 Å². The van der Waals surface area contributed by atoms with Gasteiger partial charge in [-0.2, -0.15) is 0 Å². The molecule has 4 aliphatic rings. The van der Waals surface area contributed by atoms with E-state index in [1.54, 1.807) is 11.1 Å². The van der Waals surface area contributed by atoms with Crippen molar-refractivity contribution >= 4 is 32.3 Å². The van der Waals surface area contributed by atoms with E-state index in [2.05, 4.69) is 173 Å². The van der Waals surface area contributed by atoms with Crippen LogP contribution in [0.2, 0.25) is 0 Å². The fraction of sp³-hybridized carbons (Fsp3) is 0.263. The summed E-state index contributed by atoms with van der Waals surface area (Å²) >= 11 is 0. The Labute approximate surface area is 337 Å². The maximum Gasteiger partial charge on any atom is 0.0269 e. The molecule has 0 radical (unpaired) electrons. The fourth-order valence-corrected chi connectivity index (χ4v) is 13.4. The summed E-state index contributed by atoms with van der Waals surface area (Å²) in [6.07, 6.45) is 6.75. The van der Waals surface area contributed by atoms with Gasteiger partial charge >= 0.3 is 0 Å². The van der Waals surface area contributed by atoms with E-state index in [0.717, 1.165) is 11.8 Å². The molecule has 0 N–H and O–H groups in total. The Kier molecular flexibility index (Phi) is 7.10. The Bertz CT molecular complexity index is 2920. The summed E-state index contributed by atoms with van der Waals surface area (Å²) in [6.45, 7) is 9.84. The van der Waals surface area contributed by atoms with Crippen LogP contribution in [0.1, 0.15) is 82.1 Å². The van der Waals surface area contributed by atoms with Gasteiger partial charge in [0.1, 0.15) is 0 Å². The molecule has 5 unspecified atom stereocenters. The standard InChI is InChI=1S/C57H50/c1-5-35-28-36-27-34(2)57(40(29-35)30-36)50-24-14-22-47(55(50)48-31-37-15-6-7-16-38(37)32-52(48)57)54-45-20-10-8-18-43(45)53(44-19-9-11-21-46(44)54)39-25-26-42-41-17-12-13-23-49(41)56(3,4)51(42)33-39/h6-26,31-36,40H,5,27-30H2,1-4H3. The Morgan fingerprint density at radius 3 is 1.82 bits per heavy atom. The van der Waals surface area contributed by atoms with Gasteiger partial charge in [-0.1, -0.05) is 162 Å². The summed E-state index contributed by atoms with van der Waals surface area (Å²) in [5.41, 5.74) is 17.1. The molecule has 1 spiro atoms. The molecule has 8 aromatic rings. The van der Waals surface area contributed by atoms with Crippen molar-refractivity contribution in [1.82, 2.24) is 0 Å². The normalized spacial score (nSPS) is 23.8. The Morgan fingerprint density at radius 2 is 1.09 bits per heavy atom. The third-order valence-corrected chi connectivity index (χ3v) is 15.8. The molecular weight excluding hydrogens is 685 g/mol. The number of rotatable bonds is 3. The predicted octanol–water partition coefficient (Wildman–Crippen LogP) is 15.5. The van der Waals surface area contributed by atoms with Crippen molar-refractivity contribution in [3.63, 3.8) is 0 Å². The highest BCUT2D eigenvalue weighted by Gasteiger charge is 2.57. The molecule has 0 amide bonds. The number of hydrogen-bond donors (Lipinski definition) is 0. The Balaban J connectivity index is 1.15. The molecule has 4 aliphatic carbocycles. The molecule has 0 heteroatoms. The number of fused-ring (bicyclic) bond motifs is 14. The van der Waals surface area contributed by atoms with Crippen LogP contribution in [-0.2, 0) is 10.8 Å². The molecule has 0 aliphatic heterocycles. The van der Waals surface area contributed by atoms with E-state index < -0.39 is 0 Å². The summed E-state index contributed by atoms with van der Waals surface area (Å²) in [5.74, 6) is 2.92. The van der Waals surface area contributed by atoms with E-state index in [0.29, 0.717) is 11.8 Å². The van der Waals surface area contributed by atoms with Gasteiger partial charge in [0.15, 0.2) is 0 Å². The molecule has 0 heterocycles. The summed E-state index contributed by atoms with van der Waals surface area (Å²) < 4.78 is 0. The second-order valence-electron chi connectivity index (χ2n) is 18.8. The minimum atomic E-state index is -0.0582. The van der Waals surface area contributed by atoms with Gasteiger partial charge in [0, 0.05) is 10.8 Å². The van der Waals surface area contributed by atoms with Crippen LogP contribution in [0.4, 0.5) is 0 Å². The van der Waals surface area contributed by atoms with E-state index >= 15 is 0 Å². The zero-order valence-electron chi connectivity index (χ0n) is 33.7. The lowest BCUT2D eigenvalue weighted by Crippen LogP contribution is -2.49. The quantitative estimate of drug-likeness (QED) is 0.159. The summed E-state index contributed by atoms with van der Waals surface area (Å²) in [4.78, 5) is 0. The van der Waals surface area contributed by atoms with Crippen molar-refractivity contribution in [3.05, 3.63) is 168 Å². The maximum absolute atomic E-state index is 2.63. The monoisotopic (exact) mass is 734 g/mol. The lowest BCUT2D eigenvalue weighted by Gasteiger charge is -2.54. The first-order valence-electron chi connectivity index (χ1n) is 21.7. The van der Waals surface area contributed by atoms with Gasteiger partial charge in [-0.05, 0) is 167 Å². The highest BCUT2D eigenvalue weighted by atomic mass is 14.6. The van der Waals surface area contributed by atoms with Gasteiger partial charge in [0.05, 0.1) is 0 Å². The van der Waals surface area contributed by atoms with Gasteiger partial charge < -0.3 is 0 Å². The summed E-state index contributed by atoms with van der Waals surface area (Å²) in [7, 11) is 0. The first kappa shape index (κ1) is 33.7. The zero-order chi connectivity index (χ0) is 38.2. The topological polar surface area (TPSA) is 0 Å². The summed E-state index contributed by atoms with van der Waals surface area (Å²) in [5, 5.41) is 8.06. The highest BCUT2D eigenvalue weighted by Crippen LogP contribution is 2.66. The molecule has 0 nitrogen and oxygen atoms in total. The molecule has 2 bridgehead atoms. The van der Waals surface area contributed by atoms with E-state index in [4.69, 9.17) is 0 Å². The molecule has 2 fully saturated rings. The molecule has 8 aromatic carbocycles.